The van der Waals surface area contributed by atoms with Crippen LogP contribution in [0.1, 0.15) is 45.4 Å². The van der Waals surface area contributed by atoms with E-state index in [4.69, 9.17) is 33.1 Å². The SMILES string of the molecule is CC(O)C(NC(=O)C(CCCCN)NC(=O)C(N)CCCN=C(N)N)C(=O)NC(CC(=O)O)C(=O)O. The molecule has 0 aromatic heterocycles. The van der Waals surface area contributed by atoms with Crippen molar-refractivity contribution in [2.24, 2.45) is 27.9 Å². The molecule has 0 radical (unpaired) electrons. The molecule has 0 rings (SSSR count). The van der Waals surface area contributed by atoms with Crippen molar-refractivity contribution >= 4 is 35.6 Å². The number of aliphatic hydroxyl groups excluding tert-OH is 1. The second-order valence-corrected chi connectivity index (χ2v) is 8.13. The Morgan fingerprint density at radius 2 is 1.47 bits per heavy atom. The Morgan fingerprint density at radius 1 is 0.861 bits per heavy atom. The lowest BCUT2D eigenvalue weighted by Gasteiger charge is -2.26. The number of nitrogens with one attached hydrogen (secondary N) is 3. The molecule has 3 amide bonds. The maximum absolute atomic E-state index is 12.9. The highest BCUT2D eigenvalue weighted by Crippen LogP contribution is 2.05. The Morgan fingerprint density at radius 3 is 1.97 bits per heavy atom. The minimum atomic E-state index is -1.79. The molecular formula is C20H38N8O8. The van der Waals surface area contributed by atoms with Gasteiger partial charge in [-0.25, -0.2) is 4.79 Å². The maximum atomic E-state index is 12.9. The number of carboxylic acids is 2. The van der Waals surface area contributed by atoms with Crippen LogP contribution in [0.15, 0.2) is 4.99 Å². The molecule has 0 heterocycles. The first kappa shape index (κ1) is 32.5. The van der Waals surface area contributed by atoms with E-state index in [0.717, 1.165) is 0 Å². The molecule has 0 aromatic carbocycles. The summed E-state index contributed by atoms with van der Waals surface area (Å²) in [7, 11) is 0. The molecule has 0 aliphatic carbocycles. The summed E-state index contributed by atoms with van der Waals surface area (Å²) >= 11 is 0. The van der Waals surface area contributed by atoms with E-state index in [1.807, 2.05) is 5.32 Å². The van der Waals surface area contributed by atoms with Crippen LogP contribution < -0.4 is 38.9 Å². The highest BCUT2D eigenvalue weighted by Gasteiger charge is 2.33. The van der Waals surface area contributed by atoms with Gasteiger partial charge < -0.3 is 54.2 Å². The number of amides is 3. The van der Waals surface area contributed by atoms with E-state index in [1.165, 1.54) is 6.92 Å². The van der Waals surface area contributed by atoms with Gasteiger partial charge in [0.2, 0.25) is 17.7 Å². The van der Waals surface area contributed by atoms with Gasteiger partial charge in [-0.1, -0.05) is 0 Å². The Balaban J connectivity index is 5.37. The predicted octanol–water partition coefficient (Wildman–Crippen LogP) is -4.11. The molecule has 206 valence electrons. The van der Waals surface area contributed by atoms with Gasteiger partial charge in [0.05, 0.1) is 18.6 Å². The molecule has 16 nitrogen and oxygen atoms in total. The van der Waals surface area contributed by atoms with E-state index >= 15 is 0 Å². The van der Waals surface area contributed by atoms with Crippen molar-refractivity contribution in [2.75, 3.05) is 13.1 Å². The number of aliphatic imine (C=N–C) groups is 1. The van der Waals surface area contributed by atoms with Gasteiger partial charge in [0.25, 0.3) is 0 Å². The maximum Gasteiger partial charge on any atom is 0.326 e. The smallest absolute Gasteiger partial charge is 0.326 e. The number of carboxylic acid groups (broad SMARTS) is 2. The van der Waals surface area contributed by atoms with E-state index in [0.29, 0.717) is 25.8 Å². The second kappa shape index (κ2) is 17.0. The number of nitrogens with zero attached hydrogens (tertiary/aromatic N) is 1. The van der Waals surface area contributed by atoms with Gasteiger partial charge >= 0.3 is 11.9 Å². The molecule has 0 aromatic rings. The first-order valence-corrected chi connectivity index (χ1v) is 11.3. The summed E-state index contributed by atoms with van der Waals surface area (Å²) in [5.74, 6) is -5.77. The van der Waals surface area contributed by atoms with E-state index in [-0.39, 0.29) is 25.3 Å². The average molecular weight is 519 g/mol. The Labute approximate surface area is 208 Å². The van der Waals surface area contributed by atoms with Crippen LogP contribution >= 0.6 is 0 Å². The molecule has 0 aliphatic rings. The van der Waals surface area contributed by atoms with Crippen molar-refractivity contribution < 1.29 is 39.3 Å². The molecule has 5 atom stereocenters. The van der Waals surface area contributed by atoms with Crippen LogP contribution in [0.25, 0.3) is 0 Å². The molecule has 0 fully saturated rings. The number of aliphatic carboxylic acids is 2. The van der Waals surface area contributed by atoms with Crippen molar-refractivity contribution in [3.8, 4) is 0 Å². The largest absolute Gasteiger partial charge is 0.481 e. The van der Waals surface area contributed by atoms with Crippen LogP contribution in [0.2, 0.25) is 0 Å². The minimum Gasteiger partial charge on any atom is -0.481 e. The summed E-state index contributed by atoms with van der Waals surface area (Å²) in [5, 5.41) is 34.7. The minimum absolute atomic E-state index is 0.0981. The number of carbonyl (C=O) groups excluding carboxylic acids is 3. The lowest BCUT2D eigenvalue weighted by Crippen LogP contribution is -2.60. The van der Waals surface area contributed by atoms with Crippen LogP contribution in [0.5, 0.6) is 0 Å². The number of hydrogen-bond donors (Lipinski definition) is 10. The number of carbonyl (C=O) groups is 5. The number of guanidine groups is 1. The van der Waals surface area contributed by atoms with E-state index < -0.39 is 66.4 Å². The molecular weight excluding hydrogens is 480 g/mol. The third kappa shape index (κ3) is 13.4. The molecule has 16 heteroatoms. The zero-order valence-corrected chi connectivity index (χ0v) is 20.2. The van der Waals surface area contributed by atoms with Crippen molar-refractivity contribution in [1.82, 2.24) is 16.0 Å². The molecule has 0 bridgehead atoms. The van der Waals surface area contributed by atoms with Gasteiger partial charge in [0.15, 0.2) is 5.96 Å². The number of hydrogen-bond acceptors (Lipinski definition) is 9. The van der Waals surface area contributed by atoms with Crippen LogP contribution in [0, 0.1) is 0 Å². The molecule has 14 N–H and O–H groups in total. The summed E-state index contributed by atoms with van der Waals surface area (Å²) in [6, 6.07) is -5.54. The van der Waals surface area contributed by atoms with E-state index in [1.54, 1.807) is 0 Å². The fourth-order valence-corrected chi connectivity index (χ4v) is 2.99. The van der Waals surface area contributed by atoms with Crippen LogP contribution in [0.3, 0.4) is 0 Å². The lowest BCUT2D eigenvalue weighted by atomic mass is 10.0. The summed E-state index contributed by atoms with van der Waals surface area (Å²) in [6.45, 7) is 1.77. The molecule has 5 unspecified atom stereocenters. The van der Waals surface area contributed by atoms with Gasteiger partial charge in [0, 0.05) is 6.54 Å². The molecule has 0 saturated carbocycles. The third-order valence-electron chi connectivity index (χ3n) is 4.94. The third-order valence-corrected chi connectivity index (χ3v) is 4.94. The topological polar surface area (TPSA) is 299 Å². The first-order chi connectivity index (χ1) is 16.8. The van der Waals surface area contributed by atoms with Gasteiger partial charge in [-0.2, -0.15) is 0 Å². The van der Waals surface area contributed by atoms with E-state index in [9.17, 15) is 29.1 Å². The number of aliphatic hydroxyl groups is 1. The van der Waals surface area contributed by atoms with Crippen molar-refractivity contribution in [3.05, 3.63) is 0 Å². The van der Waals surface area contributed by atoms with E-state index in [2.05, 4.69) is 15.6 Å². The predicted molar refractivity (Wildman–Crippen MR) is 128 cm³/mol. The van der Waals surface area contributed by atoms with Gasteiger partial charge in [-0.05, 0) is 45.6 Å². The highest BCUT2D eigenvalue weighted by molar-refractivity contribution is 5.94. The van der Waals surface area contributed by atoms with Crippen molar-refractivity contribution in [3.63, 3.8) is 0 Å². The zero-order valence-electron chi connectivity index (χ0n) is 20.2. The number of nitrogens with two attached hydrogens (primary N) is 4. The average Bonchev–Trinajstić information content (AvgIpc) is 2.77. The van der Waals surface area contributed by atoms with Crippen LogP contribution in [-0.2, 0) is 24.0 Å². The quantitative estimate of drug-likeness (QED) is 0.0470. The molecule has 0 spiro atoms. The molecule has 0 saturated heterocycles. The number of rotatable bonds is 18. The van der Waals surface area contributed by atoms with Crippen LogP contribution in [0.4, 0.5) is 0 Å². The summed E-state index contributed by atoms with van der Waals surface area (Å²) < 4.78 is 0. The number of unbranched alkanes of at least 4 members (excludes halogenated alkanes) is 1. The Bertz CT molecular complexity index is 788. The zero-order chi connectivity index (χ0) is 27.8. The normalized spacial score (nSPS) is 14.9. The van der Waals surface area contributed by atoms with Crippen LogP contribution in [-0.4, -0.2) is 94.3 Å². The summed E-state index contributed by atoms with van der Waals surface area (Å²) in [6.07, 6.45) is -0.646. The Hall–Kier alpha value is -3.50. The van der Waals surface area contributed by atoms with Crippen molar-refractivity contribution in [2.45, 2.75) is 75.7 Å². The van der Waals surface area contributed by atoms with Gasteiger partial charge in [-0.3, -0.25) is 24.2 Å². The summed E-state index contributed by atoms with van der Waals surface area (Å²) in [4.78, 5) is 63.8. The Kier molecular flexibility index (Phi) is 15.4. The lowest BCUT2D eigenvalue weighted by molar-refractivity contribution is -0.148. The highest BCUT2D eigenvalue weighted by atomic mass is 16.4. The first-order valence-electron chi connectivity index (χ1n) is 11.3. The fourth-order valence-electron chi connectivity index (χ4n) is 2.99. The monoisotopic (exact) mass is 518 g/mol. The molecule has 36 heavy (non-hydrogen) atoms. The summed E-state index contributed by atoms with van der Waals surface area (Å²) in [5.41, 5.74) is 21.8. The molecule has 0 aliphatic heterocycles. The van der Waals surface area contributed by atoms with Gasteiger partial charge in [0.1, 0.15) is 18.1 Å². The van der Waals surface area contributed by atoms with Crippen molar-refractivity contribution in [1.29, 1.82) is 0 Å². The second-order valence-electron chi connectivity index (χ2n) is 8.13. The standard InChI is InChI=1S/C20H38N8O8/c1-10(29)15(18(34)27-13(19(35)36)9-14(30)31)28-17(33)12(6-2-3-7-21)26-16(32)11(22)5-4-8-25-20(23)24/h10-13,15,29H,2-9,21-22H2,1H3,(H,26,32)(H,27,34)(H,28,33)(H,30,31)(H,35,36)(H4,23,24,25). The fraction of sp³-hybridized carbons (Fsp3) is 0.700. The van der Waals surface area contributed by atoms with Gasteiger partial charge in [-0.15, -0.1) is 0 Å².